The highest BCUT2D eigenvalue weighted by Gasteiger charge is 2.16. The van der Waals surface area contributed by atoms with E-state index in [0.717, 1.165) is 17.9 Å². The van der Waals surface area contributed by atoms with E-state index in [0.29, 0.717) is 5.92 Å². The van der Waals surface area contributed by atoms with Crippen molar-refractivity contribution in [2.45, 2.75) is 40.0 Å². The molecule has 0 bridgehead atoms. The maximum absolute atomic E-state index is 5.57. The first-order valence-electron chi connectivity index (χ1n) is 5.04. The Kier molecular flexibility index (Phi) is 3.35. The van der Waals surface area contributed by atoms with Gasteiger partial charge in [0.1, 0.15) is 11.5 Å². The van der Waals surface area contributed by atoms with E-state index < -0.39 is 0 Å². The molecule has 0 radical (unpaired) electrons. The van der Waals surface area contributed by atoms with Gasteiger partial charge in [-0.05, 0) is 19.4 Å². The predicted molar refractivity (Wildman–Crippen MR) is 56.9 cm³/mol. The second kappa shape index (κ2) is 4.31. The minimum atomic E-state index is 0.559. The summed E-state index contributed by atoms with van der Waals surface area (Å²) in [6, 6.07) is 2.10. The molecule has 1 heterocycles. The molecule has 1 aliphatic rings. The third kappa shape index (κ3) is 2.03. The van der Waals surface area contributed by atoms with E-state index in [4.69, 9.17) is 4.42 Å². The Hall–Kier alpha value is -0.980. The molecule has 2 rings (SSSR count). The summed E-state index contributed by atoms with van der Waals surface area (Å²) in [7, 11) is 0. The van der Waals surface area contributed by atoms with Gasteiger partial charge in [0.2, 0.25) is 0 Å². The van der Waals surface area contributed by atoms with Gasteiger partial charge in [-0.15, -0.1) is 0 Å². The zero-order chi connectivity index (χ0) is 9.84. The Morgan fingerprint density at radius 2 is 2.08 bits per heavy atom. The van der Waals surface area contributed by atoms with Crippen LogP contribution < -0.4 is 0 Å². The lowest BCUT2D eigenvalue weighted by molar-refractivity contribution is 0.451. The van der Waals surface area contributed by atoms with Gasteiger partial charge in [0.15, 0.2) is 0 Å². The van der Waals surface area contributed by atoms with Crippen LogP contribution in [0, 0.1) is 6.92 Å². The highest BCUT2D eigenvalue weighted by Crippen LogP contribution is 2.31. The van der Waals surface area contributed by atoms with Crippen molar-refractivity contribution in [1.82, 2.24) is 0 Å². The molecule has 0 aromatic carbocycles. The zero-order valence-corrected chi connectivity index (χ0v) is 8.92. The molecule has 0 N–H and O–H groups in total. The Balaban J connectivity index is 0.000000396. The molecule has 0 spiro atoms. The van der Waals surface area contributed by atoms with E-state index in [-0.39, 0.29) is 0 Å². The van der Waals surface area contributed by atoms with Gasteiger partial charge in [0, 0.05) is 11.5 Å². The minimum absolute atomic E-state index is 0.559. The lowest BCUT2D eigenvalue weighted by Gasteiger charge is -2.10. The number of furan rings is 1. The fourth-order valence-electron chi connectivity index (χ4n) is 1.57. The van der Waals surface area contributed by atoms with Gasteiger partial charge in [-0.25, -0.2) is 0 Å². The molecule has 1 unspecified atom stereocenters. The summed E-state index contributed by atoms with van der Waals surface area (Å²) in [5, 5.41) is 0. The van der Waals surface area contributed by atoms with Crippen LogP contribution in [0.3, 0.4) is 0 Å². The van der Waals surface area contributed by atoms with Crippen LogP contribution in [0.5, 0.6) is 0 Å². The average molecular weight is 178 g/mol. The number of hydrogen-bond acceptors (Lipinski definition) is 1. The van der Waals surface area contributed by atoms with Crippen molar-refractivity contribution in [2.75, 3.05) is 0 Å². The highest BCUT2D eigenvalue weighted by atomic mass is 16.3. The molecule has 72 valence electrons. The van der Waals surface area contributed by atoms with Gasteiger partial charge in [-0.2, -0.15) is 0 Å². The maximum atomic E-state index is 5.57. The highest BCUT2D eigenvalue weighted by molar-refractivity contribution is 5.55. The van der Waals surface area contributed by atoms with Crippen LogP contribution in [0.1, 0.15) is 50.2 Å². The Labute approximate surface area is 80.5 Å². The van der Waals surface area contributed by atoms with E-state index >= 15 is 0 Å². The average Bonchev–Trinajstić information content (AvgIpc) is 2.51. The second-order valence-corrected chi connectivity index (χ2v) is 3.22. The molecular weight excluding hydrogens is 160 g/mol. The summed E-state index contributed by atoms with van der Waals surface area (Å²) in [5.41, 5.74) is 1.27. The molecular formula is C12H18O. The Morgan fingerprint density at radius 1 is 1.38 bits per heavy atom. The lowest BCUT2D eigenvalue weighted by atomic mass is 9.96. The fraction of sp³-hybridized carbons (Fsp3) is 0.500. The summed E-state index contributed by atoms with van der Waals surface area (Å²) in [5.74, 6) is 2.74. The molecule has 1 heteroatoms. The first-order chi connectivity index (χ1) is 6.27. The molecule has 0 aliphatic heterocycles. The standard InChI is InChI=1S/C10H12O.C2H6/c1-7-4-3-5-9-6-8(2)11-10(7)9;1-2/h3,5-7H,4H2,1-2H3;1-2H3. The number of hydrogen-bond donors (Lipinski definition) is 0. The van der Waals surface area contributed by atoms with Crippen LogP contribution in [-0.4, -0.2) is 0 Å². The lowest BCUT2D eigenvalue weighted by Crippen LogP contribution is -1.95. The van der Waals surface area contributed by atoms with Crippen molar-refractivity contribution >= 4 is 6.08 Å². The molecule has 0 fully saturated rings. The summed E-state index contributed by atoms with van der Waals surface area (Å²) < 4.78 is 5.57. The summed E-state index contributed by atoms with van der Waals surface area (Å²) in [6.07, 6.45) is 5.47. The van der Waals surface area contributed by atoms with Crippen molar-refractivity contribution in [3.05, 3.63) is 29.2 Å². The predicted octanol–water partition coefficient (Wildman–Crippen LogP) is 4.13. The first kappa shape index (κ1) is 10.1. The molecule has 0 amide bonds. The Morgan fingerprint density at radius 3 is 2.69 bits per heavy atom. The van der Waals surface area contributed by atoms with Crippen molar-refractivity contribution in [3.63, 3.8) is 0 Å². The molecule has 1 nitrogen and oxygen atoms in total. The number of allylic oxidation sites excluding steroid dienone is 1. The van der Waals surface area contributed by atoms with Gasteiger partial charge in [0.25, 0.3) is 0 Å². The molecule has 1 atom stereocenters. The molecule has 1 aromatic rings. The van der Waals surface area contributed by atoms with Gasteiger partial charge in [-0.3, -0.25) is 0 Å². The van der Waals surface area contributed by atoms with Crippen molar-refractivity contribution < 1.29 is 4.42 Å². The largest absolute Gasteiger partial charge is 0.465 e. The summed E-state index contributed by atoms with van der Waals surface area (Å²) >= 11 is 0. The molecule has 0 saturated carbocycles. The van der Waals surface area contributed by atoms with Crippen molar-refractivity contribution in [3.8, 4) is 0 Å². The van der Waals surface area contributed by atoms with E-state index in [1.54, 1.807) is 0 Å². The number of aryl methyl sites for hydroxylation is 1. The number of fused-ring (bicyclic) bond motifs is 1. The van der Waals surface area contributed by atoms with E-state index in [9.17, 15) is 0 Å². The molecule has 1 aromatic heterocycles. The first-order valence-corrected chi connectivity index (χ1v) is 5.04. The third-order valence-electron chi connectivity index (χ3n) is 2.15. The summed E-state index contributed by atoms with van der Waals surface area (Å²) in [4.78, 5) is 0. The van der Waals surface area contributed by atoms with Crippen LogP contribution in [-0.2, 0) is 0 Å². The van der Waals surface area contributed by atoms with E-state index in [1.165, 1.54) is 5.56 Å². The third-order valence-corrected chi connectivity index (χ3v) is 2.15. The van der Waals surface area contributed by atoms with Crippen molar-refractivity contribution in [1.29, 1.82) is 0 Å². The quantitative estimate of drug-likeness (QED) is 0.582. The SMILES string of the molecule is CC.Cc1cc2c(o1)C(C)CC=C2. The smallest absolute Gasteiger partial charge is 0.114 e. The van der Waals surface area contributed by atoms with Gasteiger partial charge in [0.05, 0.1) is 0 Å². The molecule has 0 saturated heterocycles. The molecule has 13 heavy (non-hydrogen) atoms. The monoisotopic (exact) mass is 178 g/mol. The van der Waals surface area contributed by atoms with Crippen LogP contribution in [0.15, 0.2) is 16.6 Å². The molecule has 1 aliphatic carbocycles. The van der Waals surface area contributed by atoms with E-state index in [1.807, 2.05) is 20.8 Å². The summed E-state index contributed by atoms with van der Waals surface area (Å²) in [6.45, 7) is 8.20. The van der Waals surface area contributed by atoms with Crippen LogP contribution in [0.2, 0.25) is 0 Å². The maximum Gasteiger partial charge on any atom is 0.114 e. The van der Waals surface area contributed by atoms with E-state index in [2.05, 4.69) is 25.1 Å². The minimum Gasteiger partial charge on any atom is -0.465 e. The van der Waals surface area contributed by atoms with Crippen LogP contribution in [0.4, 0.5) is 0 Å². The Bertz CT molecular complexity index is 294. The van der Waals surface area contributed by atoms with Gasteiger partial charge < -0.3 is 4.42 Å². The number of rotatable bonds is 0. The normalized spacial score (nSPS) is 18.9. The van der Waals surface area contributed by atoms with Gasteiger partial charge in [-0.1, -0.05) is 32.9 Å². The van der Waals surface area contributed by atoms with Gasteiger partial charge >= 0.3 is 0 Å². The fourth-order valence-corrected chi connectivity index (χ4v) is 1.57. The second-order valence-electron chi connectivity index (χ2n) is 3.22. The zero-order valence-electron chi connectivity index (χ0n) is 8.92. The van der Waals surface area contributed by atoms with Crippen LogP contribution in [0.25, 0.3) is 6.08 Å². The topological polar surface area (TPSA) is 13.1 Å². The van der Waals surface area contributed by atoms with Crippen LogP contribution >= 0.6 is 0 Å². The van der Waals surface area contributed by atoms with Crippen molar-refractivity contribution in [2.24, 2.45) is 0 Å².